The molecule has 0 unspecified atom stereocenters. The Morgan fingerprint density at radius 3 is 2.59 bits per heavy atom. The zero-order valence-corrected chi connectivity index (χ0v) is 17.2. The topological polar surface area (TPSA) is 41.6 Å². The van der Waals surface area contributed by atoms with E-state index >= 15 is 0 Å². The van der Waals surface area contributed by atoms with Crippen LogP contribution in [0.2, 0.25) is 0 Å². The Morgan fingerprint density at radius 2 is 1.83 bits per heavy atom. The zero-order valence-electron chi connectivity index (χ0n) is 17.2. The molecule has 0 aromatic heterocycles. The number of likely N-dealkylation sites (tertiary alicyclic amines) is 1. The van der Waals surface area contributed by atoms with E-state index in [-0.39, 0.29) is 11.7 Å². The fourth-order valence-corrected chi connectivity index (χ4v) is 3.57. The van der Waals surface area contributed by atoms with Crippen LogP contribution in [0.4, 0.5) is 4.39 Å². The van der Waals surface area contributed by atoms with Crippen molar-refractivity contribution in [1.82, 2.24) is 10.2 Å². The van der Waals surface area contributed by atoms with Gasteiger partial charge in [-0.3, -0.25) is 4.79 Å². The second-order valence-corrected chi connectivity index (χ2v) is 7.90. The summed E-state index contributed by atoms with van der Waals surface area (Å²) in [6.07, 6.45) is 4.66. The second kappa shape index (κ2) is 11.0. The number of hydrogen-bond donors (Lipinski definition) is 1. The minimum absolute atomic E-state index is 0.119. The van der Waals surface area contributed by atoms with Crippen LogP contribution in [0, 0.1) is 11.7 Å². The lowest BCUT2D eigenvalue weighted by atomic mass is 9.99. The molecule has 1 fully saturated rings. The van der Waals surface area contributed by atoms with Crippen molar-refractivity contribution in [1.29, 1.82) is 0 Å². The lowest BCUT2D eigenvalue weighted by molar-refractivity contribution is 0.0947. The summed E-state index contributed by atoms with van der Waals surface area (Å²) in [7, 11) is 0. The van der Waals surface area contributed by atoms with Crippen LogP contribution in [0.5, 0.6) is 5.75 Å². The first-order valence-corrected chi connectivity index (χ1v) is 10.6. The number of piperidine rings is 1. The molecule has 0 aliphatic carbocycles. The van der Waals surface area contributed by atoms with Crippen molar-refractivity contribution in [2.75, 3.05) is 26.2 Å². The van der Waals surface area contributed by atoms with E-state index in [0.29, 0.717) is 24.5 Å². The van der Waals surface area contributed by atoms with E-state index in [1.807, 2.05) is 12.1 Å². The summed E-state index contributed by atoms with van der Waals surface area (Å²) in [5.74, 6) is 1.00. The Balaban J connectivity index is 1.41. The van der Waals surface area contributed by atoms with Crippen molar-refractivity contribution in [3.05, 3.63) is 65.5 Å². The molecule has 1 heterocycles. The Kier molecular flexibility index (Phi) is 8.05. The van der Waals surface area contributed by atoms with Crippen LogP contribution in [0.3, 0.4) is 0 Å². The highest BCUT2D eigenvalue weighted by Gasteiger charge is 2.15. The highest BCUT2D eigenvalue weighted by molar-refractivity contribution is 5.96. The fraction of sp³-hybridized carbons (Fsp3) is 0.458. The Hall–Kier alpha value is -2.40. The lowest BCUT2D eigenvalue weighted by Gasteiger charge is -2.30. The van der Waals surface area contributed by atoms with Gasteiger partial charge in [0.15, 0.2) is 0 Å². The quantitative estimate of drug-likeness (QED) is 0.626. The highest BCUT2D eigenvalue weighted by atomic mass is 19.1. The predicted molar refractivity (Wildman–Crippen MR) is 114 cm³/mol. The molecular formula is C24H31FN2O2. The maximum atomic E-state index is 13.0. The van der Waals surface area contributed by atoms with Gasteiger partial charge >= 0.3 is 0 Å². The van der Waals surface area contributed by atoms with Crippen LogP contribution in [0.1, 0.15) is 48.5 Å². The van der Waals surface area contributed by atoms with Crippen molar-refractivity contribution >= 4 is 5.91 Å². The number of halogens is 1. The molecule has 0 radical (unpaired) electrons. The molecule has 5 heteroatoms. The van der Waals surface area contributed by atoms with Gasteiger partial charge in [-0.2, -0.15) is 0 Å². The number of ether oxygens (including phenoxy) is 1. The zero-order chi connectivity index (χ0) is 20.5. The average molecular weight is 399 g/mol. The number of rotatable bonds is 9. The minimum atomic E-state index is -0.275. The number of carbonyl (C=O) groups excluding carboxylic acids is 1. The summed E-state index contributed by atoms with van der Waals surface area (Å²) in [5.41, 5.74) is 1.38. The van der Waals surface area contributed by atoms with E-state index in [4.69, 9.17) is 4.74 Å². The molecule has 3 rings (SSSR count). The van der Waals surface area contributed by atoms with Gasteiger partial charge in [0, 0.05) is 6.54 Å². The lowest BCUT2D eigenvalue weighted by Crippen LogP contribution is -2.34. The van der Waals surface area contributed by atoms with Crippen LogP contribution in [-0.4, -0.2) is 37.0 Å². The second-order valence-electron chi connectivity index (χ2n) is 7.90. The molecule has 1 aliphatic heterocycles. The van der Waals surface area contributed by atoms with Gasteiger partial charge < -0.3 is 15.0 Å². The molecule has 1 aliphatic rings. The van der Waals surface area contributed by atoms with Gasteiger partial charge in [-0.05, 0) is 81.1 Å². The third-order valence-electron chi connectivity index (χ3n) is 5.50. The van der Waals surface area contributed by atoms with Crippen LogP contribution >= 0.6 is 0 Å². The molecule has 0 saturated carbocycles. The van der Waals surface area contributed by atoms with Crippen LogP contribution < -0.4 is 10.1 Å². The Bertz CT molecular complexity index is 771. The number of hydrogen-bond acceptors (Lipinski definition) is 3. The molecule has 0 atom stereocenters. The minimum Gasteiger partial charge on any atom is -0.488 e. The summed E-state index contributed by atoms with van der Waals surface area (Å²) in [4.78, 5) is 15.1. The van der Waals surface area contributed by atoms with Gasteiger partial charge in [0.1, 0.15) is 18.2 Å². The monoisotopic (exact) mass is 398 g/mol. The standard InChI is InChI=1S/C24H31FN2O2/c1-19-12-16-27(17-13-19)15-5-4-14-26-24(28)22-6-2-3-7-23(22)29-18-20-8-10-21(25)11-9-20/h2-3,6-11,19H,4-5,12-18H2,1H3,(H,26,28). The maximum Gasteiger partial charge on any atom is 0.255 e. The van der Waals surface area contributed by atoms with Gasteiger partial charge in [0.05, 0.1) is 5.56 Å². The molecule has 1 amide bonds. The molecule has 29 heavy (non-hydrogen) atoms. The van der Waals surface area contributed by atoms with E-state index in [1.165, 1.54) is 38.1 Å². The van der Waals surface area contributed by atoms with Crippen molar-refractivity contribution in [3.8, 4) is 5.75 Å². The number of carbonyl (C=O) groups is 1. The first-order chi connectivity index (χ1) is 14.1. The van der Waals surface area contributed by atoms with E-state index in [1.54, 1.807) is 24.3 Å². The first kappa shape index (κ1) is 21.3. The maximum absolute atomic E-state index is 13.0. The van der Waals surface area contributed by atoms with Gasteiger partial charge in [0.25, 0.3) is 5.91 Å². The normalized spacial score (nSPS) is 15.2. The molecule has 2 aromatic rings. The highest BCUT2D eigenvalue weighted by Crippen LogP contribution is 2.20. The van der Waals surface area contributed by atoms with Crippen LogP contribution in [0.25, 0.3) is 0 Å². The molecule has 1 N–H and O–H groups in total. The van der Waals surface area contributed by atoms with E-state index in [2.05, 4.69) is 17.1 Å². The Morgan fingerprint density at radius 1 is 1.10 bits per heavy atom. The summed E-state index contributed by atoms with van der Waals surface area (Å²) in [6.45, 7) is 6.79. The number of benzene rings is 2. The number of nitrogens with one attached hydrogen (secondary N) is 1. The molecule has 2 aromatic carbocycles. The van der Waals surface area contributed by atoms with Crippen molar-refractivity contribution in [2.24, 2.45) is 5.92 Å². The summed E-state index contributed by atoms with van der Waals surface area (Å²) >= 11 is 0. The van der Waals surface area contributed by atoms with Gasteiger partial charge in [-0.1, -0.05) is 31.2 Å². The SMILES string of the molecule is CC1CCN(CCCCNC(=O)c2ccccc2OCc2ccc(F)cc2)CC1. The Labute approximate surface area is 173 Å². The smallest absolute Gasteiger partial charge is 0.255 e. The molecule has 156 valence electrons. The molecule has 1 saturated heterocycles. The van der Waals surface area contributed by atoms with Crippen molar-refractivity contribution < 1.29 is 13.9 Å². The van der Waals surface area contributed by atoms with E-state index in [9.17, 15) is 9.18 Å². The molecule has 0 bridgehead atoms. The molecule has 4 nitrogen and oxygen atoms in total. The van der Waals surface area contributed by atoms with E-state index in [0.717, 1.165) is 30.9 Å². The number of nitrogens with zero attached hydrogens (tertiary/aromatic N) is 1. The predicted octanol–water partition coefficient (Wildman–Crippen LogP) is 4.65. The number of para-hydroxylation sites is 1. The van der Waals surface area contributed by atoms with Crippen molar-refractivity contribution in [3.63, 3.8) is 0 Å². The molecular weight excluding hydrogens is 367 g/mol. The molecule has 0 spiro atoms. The largest absolute Gasteiger partial charge is 0.488 e. The fourth-order valence-electron chi connectivity index (χ4n) is 3.57. The van der Waals surface area contributed by atoms with Gasteiger partial charge in [-0.25, -0.2) is 4.39 Å². The van der Waals surface area contributed by atoms with Gasteiger partial charge in [0.2, 0.25) is 0 Å². The number of amides is 1. The first-order valence-electron chi connectivity index (χ1n) is 10.6. The summed E-state index contributed by atoms with van der Waals surface area (Å²) in [5, 5.41) is 3.00. The van der Waals surface area contributed by atoms with E-state index < -0.39 is 0 Å². The number of unbranched alkanes of at least 4 members (excludes halogenated alkanes) is 1. The van der Waals surface area contributed by atoms with Gasteiger partial charge in [-0.15, -0.1) is 0 Å². The third-order valence-corrected chi connectivity index (χ3v) is 5.50. The van der Waals surface area contributed by atoms with Crippen LogP contribution in [-0.2, 0) is 6.61 Å². The van der Waals surface area contributed by atoms with Crippen LogP contribution in [0.15, 0.2) is 48.5 Å². The third kappa shape index (κ3) is 6.86. The summed E-state index contributed by atoms with van der Waals surface area (Å²) in [6, 6.07) is 13.4. The average Bonchev–Trinajstić information content (AvgIpc) is 2.74. The van der Waals surface area contributed by atoms with Crippen molar-refractivity contribution in [2.45, 2.75) is 39.2 Å². The summed E-state index contributed by atoms with van der Waals surface area (Å²) < 4.78 is 18.8.